The summed E-state index contributed by atoms with van der Waals surface area (Å²) in [6.07, 6.45) is 3.83. The van der Waals surface area contributed by atoms with E-state index in [0.29, 0.717) is 6.54 Å². The van der Waals surface area contributed by atoms with Crippen molar-refractivity contribution in [1.29, 1.82) is 0 Å². The van der Waals surface area contributed by atoms with Crippen LogP contribution in [0.4, 0.5) is 0 Å². The van der Waals surface area contributed by atoms with Crippen molar-refractivity contribution >= 4 is 27.9 Å². The van der Waals surface area contributed by atoms with Gasteiger partial charge in [-0.15, -0.1) is 0 Å². The van der Waals surface area contributed by atoms with E-state index in [9.17, 15) is 0 Å². The van der Waals surface area contributed by atoms with Crippen LogP contribution in [-0.4, -0.2) is 11.5 Å². The summed E-state index contributed by atoms with van der Waals surface area (Å²) >= 11 is 0. The lowest BCUT2D eigenvalue weighted by Gasteiger charge is -1.95. The predicted molar refractivity (Wildman–Crippen MR) is 78.9 cm³/mol. The maximum absolute atomic E-state index is 8.22. The highest BCUT2D eigenvalue weighted by molar-refractivity contribution is 6.07. The average Bonchev–Trinajstić information content (AvgIpc) is 2.82. The van der Waals surface area contributed by atoms with Crippen LogP contribution in [0.5, 0.6) is 0 Å². The first-order valence-electron chi connectivity index (χ1n) is 6.06. The topological polar surface area (TPSA) is 64.6 Å². The van der Waals surface area contributed by atoms with Gasteiger partial charge in [0.05, 0.1) is 0 Å². The number of benzene rings is 2. The molecule has 4 heteroatoms. The normalized spacial score (nSPS) is 11.2. The number of H-pyrrole nitrogens is 1. The summed E-state index contributed by atoms with van der Waals surface area (Å²) in [6.45, 7) is 0.377. The Kier molecular flexibility index (Phi) is 2.93. The Labute approximate surface area is 110 Å². The van der Waals surface area contributed by atoms with E-state index in [-0.39, 0.29) is 0 Å². The first kappa shape index (κ1) is 11.4. The maximum Gasteiger partial charge on any atom is 0.0465 e. The van der Waals surface area contributed by atoms with Crippen LogP contribution in [0.1, 0.15) is 5.56 Å². The number of azide groups is 1. The minimum absolute atomic E-state index is 0.377. The SMILES string of the molecule is [N-]=[N+]=NCC=Cc1ccc2[nH]c3ccccc3c2c1. The molecular formula is C15H12N4. The van der Waals surface area contributed by atoms with E-state index in [1.807, 2.05) is 30.4 Å². The lowest BCUT2D eigenvalue weighted by atomic mass is 10.1. The average molecular weight is 248 g/mol. The third-order valence-electron chi connectivity index (χ3n) is 3.09. The van der Waals surface area contributed by atoms with Crippen LogP contribution in [0.2, 0.25) is 0 Å². The molecule has 0 spiro atoms. The summed E-state index contributed by atoms with van der Waals surface area (Å²) in [5.41, 5.74) is 11.6. The number of aromatic nitrogens is 1. The van der Waals surface area contributed by atoms with E-state index >= 15 is 0 Å². The van der Waals surface area contributed by atoms with Gasteiger partial charge in [0, 0.05) is 33.3 Å². The van der Waals surface area contributed by atoms with Crippen molar-refractivity contribution in [2.24, 2.45) is 5.11 Å². The fraction of sp³-hybridized carbons (Fsp3) is 0.0667. The molecule has 0 saturated heterocycles. The van der Waals surface area contributed by atoms with E-state index in [2.05, 4.69) is 39.3 Å². The van der Waals surface area contributed by atoms with Crippen molar-refractivity contribution in [2.45, 2.75) is 0 Å². The first-order chi connectivity index (χ1) is 9.38. The van der Waals surface area contributed by atoms with Crippen LogP contribution < -0.4 is 0 Å². The van der Waals surface area contributed by atoms with E-state index in [4.69, 9.17) is 5.53 Å². The van der Waals surface area contributed by atoms with E-state index in [0.717, 1.165) is 16.6 Å². The van der Waals surface area contributed by atoms with Crippen LogP contribution in [0, 0.1) is 0 Å². The number of aromatic amines is 1. The van der Waals surface area contributed by atoms with Crippen molar-refractivity contribution < 1.29 is 0 Å². The Hall–Kier alpha value is -2.71. The van der Waals surface area contributed by atoms with Crippen molar-refractivity contribution in [1.82, 2.24) is 4.98 Å². The molecule has 4 nitrogen and oxygen atoms in total. The van der Waals surface area contributed by atoms with Gasteiger partial charge in [0.1, 0.15) is 0 Å². The molecule has 3 aromatic rings. The molecule has 1 heterocycles. The molecule has 0 saturated carbocycles. The molecule has 0 fully saturated rings. The minimum Gasteiger partial charge on any atom is -0.355 e. The van der Waals surface area contributed by atoms with Crippen molar-refractivity contribution in [2.75, 3.05) is 6.54 Å². The second-order valence-electron chi connectivity index (χ2n) is 4.29. The zero-order valence-corrected chi connectivity index (χ0v) is 10.2. The molecule has 92 valence electrons. The highest BCUT2D eigenvalue weighted by Crippen LogP contribution is 2.26. The lowest BCUT2D eigenvalue weighted by molar-refractivity contribution is 1.22. The zero-order valence-electron chi connectivity index (χ0n) is 10.2. The fourth-order valence-corrected chi connectivity index (χ4v) is 2.24. The zero-order chi connectivity index (χ0) is 13.1. The number of nitrogens with one attached hydrogen (secondary N) is 1. The molecule has 0 atom stereocenters. The minimum atomic E-state index is 0.377. The summed E-state index contributed by atoms with van der Waals surface area (Å²) < 4.78 is 0. The summed E-state index contributed by atoms with van der Waals surface area (Å²) in [5, 5.41) is 5.91. The second-order valence-corrected chi connectivity index (χ2v) is 4.29. The molecule has 0 amide bonds. The largest absolute Gasteiger partial charge is 0.355 e. The highest BCUT2D eigenvalue weighted by Gasteiger charge is 2.02. The van der Waals surface area contributed by atoms with E-state index in [1.54, 1.807) is 0 Å². The molecule has 1 aromatic heterocycles. The molecule has 0 aliphatic carbocycles. The Bertz CT molecular complexity index is 807. The summed E-state index contributed by atoms with van der Waals surface area (Å²) in [4.78, 5) is 6.11. The van der Waals surface area contributed by atoms with Gasteiger partial charge in [0.15, 0.2) is 0 Å². The van der Waals surface area contributed by atoms with Gasteiger partial charge in [-0.3, -0.25) is 0 Å². The van der Waals surface area contributed by atoms with Crippen LogP contribution in [0.25, 0.3) is 38.3 Å². The van der Waals surface area contributed by atoms with Crippen molar-refractivity contribution in [3.63, 3.8) is 0 Å². The van der Waals surface area contributed by atoms with Gasteiger partial charge in [-0.25, -0.2) is 0 Å². The van der Waals surface area contributed by atoms with Gasteiger partial charge >= 0.3 is 0 Å². The molecule has 1 N–H and O–H groups in total. The summed E-state index contributed by atoms with van der Waals surface area (Å²) in [6, 6.07) is 14.5. The van der Waals surface area contributed by atoms with Gasteiger partial charge < -0.3 is 4.98 Å². The number of fused-ring (bicyclic) bond motifs is 3. The molecular weight excluding hydrogens is 236 g/mol. The lowest BCUT2D eigenvalue weighted by Crippen LogP contribution is -1.74. The van der Waals surface area contributed by atoms with Crippen LogP contribution in [0.3, 0.4) is 0 Å². The van der Waals surface area contributed by atoms with Crippen LogP contribution in [-0.2, 0) is 0 Å². The van der Waals surface area contributed by atoms with Gasteiger partial charge in [-0.1, -0.05) is 41.5 Å². The number of rotatable bonds is 3. The molecule has 0 aliphatic heterocycles. The maximum atomic E-state index is 8.22. The van der Waals surface area contributed by atoms with Crippen molar-refractivity contribution in [3.8, 4) is 0 Å². The molecule has 0 radical (unpaired) electrons. The Morgan fingerprint density at radius 2 is 1.95 bits per heavy atom. The molecule has 0 aliphatic rings. The quantitative estimate of drug-likeness (QED) is 0.398. The number of hydrogen-bond donors (Lipinski definition) is 1. The second kappa shape index (κ2) is 4.88. The monoisotopic (exact) mass is 248 g/mol. The number of nitrogens with zero attached hydrogens (tertiary/aromatic N) is 3. The molecule has 2 aromatic carbocycles. The Morgan fingerprint density at radius 1 is 1.11 bits per heavy atom. The summed E-state index contributed by atoms with van der Waals surface area (Å²) in [5.74, 6) is 0. The van der Waals surface area contributed by atoms with Crippen LogP contribution in [0.15, 0.2) is 53.7 Å². The van der Waals surface area contributed by atoms with E-state index < -0.39 is 0 Å². The van der Waals surface area contributed by atoms with Gasteiger partial charge in [-0.2, -0.15) is 0 Å². The molecule has 0 bridgehead atoms. The van der Waals surface area contributed by atoms with Crippen molar-refractivity contribution in [3.05, 3.63) is 64.5 Å². The number of para-hydroxylation sites is 1. The van der Waals surface area contributed by atoms with Crippen LogP contribution >= 0.6 is 0 Å². The van der Waals surface area contributed by atoms with Gasteiger partial charge in [0.2, 0.25) is 0 Å². The number of hydrogen-bond acceptors (Lipinski definition) is 1. The molecule has 3 rings (SSSR count). The predicted octanol–water partition coefficient (Wildman–Crippen LogP) is 4.64. The standard InChI is InChI=1S/C15H12N4/c16-19-17-9-3-4-11-7-8-15-13(10-11)12-5-1-2-6-14(12)18-15/h1-8,10,18H,9H2. The smallest absolute Gasteiger partial charge is 0.0465 e. The molecule has 0 unspecified atom stereocenters. The molecule has 19 heavy (non-hydrogen) atoms. The summed E-state index contributed by atoms with van der Waals surface area (Å²) in [7, 11) is 0. The van der Waals surface area contributed by atoms with E-state index in [1.165, 1.54) is 10.8 Å². The fourth-order valence-electron chi connectivity index (χ4n) is 2.24. The third kappa shape index (κ3) is 2.17. The Morgan fingerprint density at radius 3 is 2.84 bits per heavy atom. The van der Waals surface area contributed by atoms with Gasteiger partial charge in [-0.05, 0) is 29.3 Å². The Balaban J connectivity index is 2.06. The third-order valence-corrected chi connectivity index (χ3v) is 3.09. The first-order valence-corrected chi connectivity index (χ1v) is 6.06. The van der Waals surface area contributed by atoms with Gasteiger partial charge in [0.25, 0.3) is 0 Å². The highest BCUT2D eigenvalue weighted by atomic mass is 15.1.